The summed E-state index contributed by atoms with van der Waals surface area (Å²) in [7, 11) is -7.37. The van der Waals surface area contributed by atoms with E-state index in [2.05, 4.69) is 88.6 Å². The molecule has 0 saturated carbocycles. The number of unbranched alkanes of at least 4 members (excludes halogenated alkanes) is 3. The molecule has 258 valence electrons. The normalized spacial score (nSPS) is 15.7. The number of Topliss-reactive ketones (excluding diaryl/α,β-unsaturated/α-hetero) is 2. The Morgan fingerprint density at radius 1 is 0.600 bits per heavy atom. The molecule has 0 aliphatic rings. The largest absolute Gasteiger partial charge is 0.455 e. The Balaban J connectivity index is 4.89. The maximum absolute atomic E-state index is 12.9. The van der Waals surface area contributed by atoms with Crippen LogP contribution >= 0.6 is 0 Å². The highest BCUT2D eigenvalue weighted by molar-refractivity contribution is 6.86. The number of azo groups is 1. The van der Waals surface area contributed by atoms with Gasteiger partial charge in [-0.3, -0.25) is 9.59 Å². The van der Waals surface area contributed by atoms with E-state index in [1.165, 1.54) is 18.9 Å². The van der Waals surface area contributed by atoms with Crippen LogP contribution in [0, 0.1) is 22.7 Å². The van der Waals surface area contributed by atoms with E-state index in [1.807, 2.05) is 0 Å². The van der Waals surface area contributed by atoms with Gasteiger partial charge in [-0.15, -0.1) is 0 Å². The highest BCUT2D eigenvalue weighted by atomic mass is 28.4. The van der Waals surface area contributed by atoms with Gasteiger partial charge >= 0.3 is 0 Å². The Morgan fingerprint density at radius 3 is 1.38 bits per heavy atom. The fraction of sp³-hybridized carbons (Fsp3) is 0.879. The number of ketones is 2. The smallest absolute Gasteiger partial charge is 0.180 e. The molecule has 0 bridgehead atoms. The highest BCUT2D eigenvalue weighted by Crippen LogP contribution is 2.28. The minimum atomic E-state index is -2.17. The van der Waals surface area contributed by atoms with Crippen LogP contribution in [-0.2, 0) is 17.8 Å². The number of rotatable bonds is 25. The molecule has 2 unspecified atom stereocenters. The number of carbonyl (C=O) groups is 2. The van der Waals surface area contributed by atoms with Crippen molar-refractivity contribution in [2.45, 2.75) is 186 Å². The SMILES string of the molecule is CCCC[Si](C)(C)O[Si](C)(C)CCCCC(=O)CCC(C)(C#N)N=NC(C)(C#N)CCC(=O)C[Si](C)(C)O[Si](C)(C)CCCC. The maximum atomic E-state index is 12.9. The molecule has 0 fully saturated rings. The van der Waals surface area contributed by atoms with Crippen LogP contribution in [0.2, 0.25) is 76.6 Å². The second-order valence-electron chi connectivity index (χ2n) is 15.9. The standard InChI is InChI=1S/C33H66N4O4Si4/c1-13-15-24-42(5,6)40-44(9,10)26-18-17-19-30(38)20-22-32(3,28-34)36-37-33(4,29-35)23-21-31(39)27-45(11,12)41-43(7,8)25-16-14-2/h13-27H2,1-12H3. The van der Waals surface area contributed by atoms with Gasteiger partial charge in [0.2, 0.25) is 0 Å². The van der Waals surface area contributed by atoms with Crippen molar-refractivity contribution in [1.82, 2.24) is 0 Å². The van der Waals surface area contributed by atoms with E-state index in [-0.39, 0.29) is 37.2 Å². The van der Waals surface area contributed by atoms with Gasteiger partial charge in [-0.05, 0) is 104 Å². The van der Waals surface area contributed by atoms with E-state index in [0.717, 1.165) is 37.8 Å². The zero-order valence-corrected chi connectivity index (χ0v) is 35.0. The number of carbonyl (C=O) groups excluding carboxylic acids is 2. The monoisotopic (exact) mass is 694 g/mol. The van der Waals surface area contributed by atoms with Crippen LogP contribution in [0.4, 0.5) is 0 Å². The van der Waals surface area contributed by atoms with Crippen molar-refractivity contribution in [3.8, 4) is 12.1 Å². The molecule has 0 heterocycles. The molecule has 0 saturated heterocycles. The summed E-state index contributed by atoms with van der Waals surface area (Å²) in [5, 5.41) is 28.2. The molecule has 0 aliphatic heterocycles. The third-order valence-corrected chi connectivity index (χ3v) is 23.0. The lowest BCUT2D eigenvalue weighted by Crippen LogP contribution is -2.45. The number of hydrogen-bond acceptors (Lipinski definition) is 8. The Hall–Kier alpha value is -1.29. The van der Waals surface area contributed by atoms with E-state index in [1.54, 1.807) is 13.8 Å². The fourth-order valence-electron chi connectivity index (χ4n) is 5.69. The number of nitriles is 2. The lowest BCUT2D eigenvalue weighted by molar-refractivity contribution is -0.119. The van der Waals surface area contributed by atoms with Gasteiger partial charge < -0.3 is 8.23 Å². The maximum Gasteiger partial charge on any atom is 0.180 e. The van der Waals surface area contributed by atoms with Gasteiger partial charge in [-0.1, -0.05) is 46.0 Å². The molecular formula is C33H66N4O4Si4. The minimum Gasteiger partial charge on any atom is -0.455 e. The first-order valence-electron chi connectivity index (χ1n) is 17.3. The predicted octanol–water partition coefficient (Wildman–Crippen LogP) is 10.3. The Morgan fingerprint density at radius 2 is 0.978 bits per heavy atom. The lowest BCUT2D eigenvalue weighted by Gasteiger charge is -2.34. The number of hydrogen-bond donors (Lipinski definition) is 0. The molecule has 0 N–H and O–H groups in total. The van der Waals surface area contributed by atoms with E-state index >= 15 is 0 Å². The van der Waals surface area contributed by atoms with Crippen LogP contribution in [0.1, 0.15) is 98.3 Å². The van der Waals surface area contributed by atoms with Gasteiger partial charge in [0.05, 0.1) is 12.1 Å². The highest BCUT2D eigenvalue weighted by Gasteiger charge is 2.36. The van der Waals surface area contributed by atoms with Crippen molar-refractivity contribution < 1.29 is 17.8 Å². The van der Waals surface area contributed by atoms with E-state index in [0.29, 0.717) is 12.5 Å². The molecular weight excluding hydrogens is 629 g/mol. The topological polar surface area (TPSA) is 125 Å². The van der Waals surface area contributed by atoms with E-state index in [9.17, 15) is 20.1 Å². The molecule has 0 aliphatic carbocycles. The van der Waals surface area contributed by atoms with Crippen molar-refractivity contribution in [2.75, 3.05) is 0 Å². The van der Waals surface area contributed by atoms with Crippen molar-refractivity contribution in [1.29, 1.82) is 10.5 Å². The zero-order valence-electron chi connectivity index (χ0n) is 31.0. The molecule has 8 nitrogen and oxygen atoms in total. The summed E-state index contributed by atoms with van der Waals surface area (Å²) in [5.41, 5.74) is -2.42. The van der Waals surface area contributed by atoms with Gasteiger partial charge in [0, 0.05) is 25.3 Å². The average Bonchev–Trinajstić information content (AvgIpc) is 2.92. The van der Waals surface area contributed by atoms with Crippen molar-refractivity contribution in [3.63, 3.8) is 0 Å². The number of nitrogens with zero attached hydrogens (tertiary/aromatic N) is 4. The van der Waals surface area contributed by atoms with Gasteiger partial charge in [0.25, 0.3) is 0 Å². The predicted molar refractivity (Wildman–Crippen MR) is 196 cm³/mol. The molecule has 12 heteroatoms. The van der Waals surface area contributed by atoms with Crippen LogP contribution in [0.25, 0.3) is 0 Å². The summed E-state index contributed by atoms with van der Waals surface area (Å²) in [6.45, 7) is 25.6. The Kier molecular flexibility index (Phi) is 18.9. The molecule has 0 aromatic heterocycles. The molecule has 0 radical (unpaired) electrons. The Labute approximate surface area is 280 Å². The average molecular weight is 695 g/mol. The van der Waals surface area contributed by atoms with Crippen LogP contribution in [0.15, 0.2) is 10.2 Å². The molecule has 0 aromatic rings. The van der Waals surface area contributed by atoms with Crippen molar-refractivity contribution in [2.24, 2.45) is 10.2 Å². The molecule has 0 spiro atoms. The third kappa shape index (κ3) is 20.5. The summed E-state index contributed by atoms with van der Waals surface area (Å²) in [6.07, 6.45) is 7.93. The quantitative estimate of drug-likeness (QED) is 0.0532. The molecule has 0 amide bonds. The van der Waals surface area contributed by atoms with Gasteiger partial charge in [0.1, 0.15) is 11.6 Å². The van der Waals surface area contributed by atoms with Gasteiger partial charge in [-0.25, -0.2) is 0 Å². The first-order chi connectivity index (χ1) is 20.6. The second-order valence-corrected chi connectivity index (χ2v) is 33.4. The zero-order chi connectivity index (χ0) is 35.0. The Bertz CT molecular complexity index is 1050. The summed E-state index contributed by atoms with van der Waals surface area (Å²) in [5.74, 6) is 0.200. The molecule has 2 atom stereocenters. The van der Waals surface area contributed by atoms with Crippen LogP contribution in [0.5, 0.6) is 0 Å². The summed E-state index contributed by atoms with van der Waals surface area (Å²) >= 11 is 0. The molecule has 0 aromatic carbocycles. The minimum absolute atomic E-state index is 0.0807. The summed E-state index contributed by atoms with van der Waals surface area (Å²) in [4.78, 5) is 25.6. The summed E-state index contributed by atoms with van der Waals surface area (Å²) < 4.78 is 13.2. The summed E-state index contributed by atoms with van der Waals surface area (Å²) in [6, 6.07) is 8.13. The van der Waals surface area contributed by atoms with Crippen molar-refractivity contribution in [3.05, 3.63) is 0 Å². The molecule has 0 rings (SSSR count). The fourth-order valence-corrected chi connectivity index (χ4v) is 23.8. The molecule has 45 heavy (non-hydrogen) atoms. The third-order valence-electron chi connectivity index (χ3n) is 8.23. The van der Waals surface area contributed by atoms with E-state index < -0.39 is 44.3 Å². The first-order valence-corrected chi connectivity index (χ1v) is 29.7. The van der Waals surface area contributed by atoms with Crippen LogP contribution in [0.3, 0.4) is 0 Å². The van der Waals surface area contributed by atoms with Crippen LogP contribution in [-0.4, -0.2) is 55.9 Å². The van der Waals surface area contributed by atoms with E-state index in [4.69, 9.17) is 8.23 Å². The second kappa shape index (κ2) is 19.5. The van der Waals surface area contributed by atoms with Crippen LogP contribution < -0.4 is 0 Å². The van der Waals surface area contributed by atoms with Gasteiger partial charge in [-0.2, -0.15) is 20.8 Å². The van der Waals surface area contributed by atoms with Crippen molar-refractivity contribution >= 4 is 44.8 Å². The van der Waals surface area contributed by atoms with Gasteiger partial charge in [0.15, 0.2) is 44.3 Å². The first kappa shape index (κ1) is 43.7. The lowest BCUT2D eigenvalue weighted by atomic mass is 9.95.